The van der Waals surface area contributed by atoms with E-state index in [2.05, 4.69) is 20.6 Å². The molecule has 0 aliphatic heterocycles. The van der Waals surface area contributed by atoms with Crippen molar-refractivity contribution >= 4 is 40.4 Å². The molecule has 0 spiro atoms. The first-order chi connectivity index (χ1) is 16.4. The monoisotopic (exact) mass is 494 g/mol. The summed E-state index contributed by atoms with van der Waals surface area (Å²) in [6.45, 7) is 1.56. The van der Waals surface area contributed by atoms with Crippen LogP contribution in [0.2, 0.25) is 10.0 Å². The van der Waals surface area contributed by atoms with E-state index in [1.165, 1.54) is 4.40 Å². The second kappa shape index (κ2) is 8.77. The lowest BCUT2D eigenvalue weighted by atomic mass is 10.2. The molecule has 9 nitrogen and oxygen atoms in total. The number of halogens is 2. The molecule has 1 amide bonds. The SMILES string of the molecule is Cc1ccc(Cl)cc1NC(=O)Cn1nc2c(-c3nc(-c4ccc(Cl)cc4)no3)cccn2c1=O. The Labute approximate surface area is 202 Å². The van der Waals surface area contributed by atoms with Crippen LogP contribution < -0.4 is 11.0 Å². The third-order valence-electron chi connectivity index (χ3n) is 5.14. The second-order valence-corrected chi connectivity index (χ2v) is 8.37. The van der Waals surface area contributed by atoms with Crippen molar-refractivity contribution in [3.63, 3.8) is 0 Å². The van der Waals surface area contributed by atoms with Crippen molar-refractivity contribution in [2.45, 2.75) is 13.5 Å². The van der Waals surface area contributed by atoms with E-state index in [1.54, 1.807) is 60.8 Å². The number of pyridine rings is 1. The number of hydrogen-bond donors (Lipinski definition) is 1. The summed E-state index contributed by atoms with van der Waals surface area (Å²) in [6, 6.07) is 15.6. The topological polar surface area (TPSA) is 107 Å². The number of benzene rings is 2. The van der Waals surface area contributed by atoms with Crippen molar-refractivity contribution < 1.29 is 9.32 Å². The maximum atomic E-state index is 12.9. The van der Waals surface area contributed by atoms with Crippen LogP contribution in [0.5, 0.6) is 0 Å². The molecular weight excluding hydrogens is 479 g/mol. The minimum Gasteiger partial charge on any atom is -0.333 e. The molecule has 170 valence electrons. The van der Waals surface area contributed by atoms with Crippen LogP contribution in [0.1, 0.15) is 5.56 Å². The summed E-state index contributed by atoms with van der Waals surface area (Å²) in [4.78, 5) is 29.9. The summed E-state index contributed by atoms with van der Waals surface area (Å²) >= 11 is 12.0. The lowest BCUT2D eigenvalue weighted by Crippen LogP contribution is -2.28. The first kappa shape index (κ1) is 21.9. The van der Waals surface area contributed by atoms with E-state index in [4.69, 9.17) is 27.7 Å². The van der Waals surface area contributed by atoms with Gasteiger partial charge < -0.3 is 9.84 Å². The van der Waals surface area contributed by atoms with Crippen molar-refractivity contribution in [2.24, 2.45) is 0 Å². The Hall–Kier alpha value is -3.95. The molecule has 1 N–H and O–H groups in total. The van der Waals surface area contributed by atoms with Gasteiger partial charge in [-0.2, -0.15) is 4.98 Å². The van der Waals surface area contributed by atoms with Crippen LogP contribution in [0.3, 0.4) is 0 Å². The number of carbonyl (C=O) groups is 1. The smallest absolute Gasteiger partial charge is 0.333 e. The van der Waals surface area contributed by atoms with Gasteiger partial charge in [-0.25, -0.2) is 13.9 Å². The predicted octanol–water partition coefficient (Wildman–Crippen LogP) is 4.47. The van der Waals surface area contributed by atoms with Crippen LogP contribution in [0.4, 0.5) is 5.69 Å². The average Bonchev–Trinajstić information content (AvgIpc) is 3.42. The molecule has 2 aromatic carbocycles. The summed E-state index contributed by atoms with van der Waals surface area (Å²) in [6.07, 6.45) is 1.56. The van der Waals surface area contributed by atoms with E-state index in [0.29, 0.717) is 27.1 Å². The van der Waals surface area contributed by atoms with Gasteiger partial charge in [-0.1, -0.05) is 34.4 Å². The fourth-order valence-electron chi connectivity index (χ4n) is 3.41. The number of carbonyl (C=O) groups excluding carboxylic acids is 1. The van der Waals surface area contributed by atoms with Crippen molar-refractivity contribution in [3.8, 4) is 22.8 Å². The van der Waals surface area contributed by atoms with Gasteiger partial charge in [0.2, 0.25) is 11.7 Å². The van der Waals surface area contributed by atoms with E-state index in [-0.39, 0.29) is 18.1 Å². The van der Waals surface area contributed by atoms with Crippen molar-refractivity contribution in [1.82, 2.24) is 24.3 Å². The Balaban J connectivity index is 1.45. The number of nitrogens with one attached hydrogen (secondary N) is 1. The summed E-state index contributed by atoms with van der Waals surface area (Å²) in [5, 5.41) is 12.2. The van der Waals surface area contributed by atoms with Crippen LogP contribution in [-0.4, -0.2) is 30.2 Å². The highest BCUT2D eigenvalue weighted by molar-refractivity contribution is 6.31. The molecule has 5 aromatic rings. The molecule has 5 rings (SSSR count). The second-order valence-electron chi connectivity index (χ2n) is 7.49. The maximum absolute atomic E-state index is 12.9. The van der Waals surface area contributed by atoms with Crippen LogP contribution >= 0.6 is 23.2 Å². The van der Waals surface area contributed by atoms with Gasteiger partial charge in [0.05, 0.1) is 5.56 Å². The Kier molecular flexibility index (Phi) is 5.64. The largest absolute Gasteiger partial charge is 0.350 e. The lowest BCUT2D eigenvalue weighted by molar-refractivity contribution is -0.117. The van der Waals surface area contributed by atoms with Crippen molar-refractivity contribution in [2.75, 3.05) is 5.32 Å². The number of amides is 1. The molecule has 0 bridgehead atoms. The molecule has 0 aliphatic rings. The quantitative estimate of drug-likeness (QED) is 0.386. The van der Waals surface area contributed by atoms with Gasteiger partial charge in [0, 0.05) is 27.5 Å². The highest BCUT2D eigenvalue weighted by Crippen LogP contribution is 2.25. The van der Waals surface area contributed by atoms with E-state index < -0.39 is 11.6 Å². The normalized spacial score (nSPS) is 11.1. The van der Waals surface area contributed by atoms with Gasteiger partial charge in [-0.15, -0.1) is 5.10 Å². The standard InChI is InChI=1S/C23H16Cl2N6O3/c1-13-4-7-16(25)11-18(13)26-19(32)12-31-23(33)30-10-2-3-17(21(30)28-31)22-27-20(29-34-22)14-5-8-15(24)9-6-14/h2-11H,12H2,1H3,(H,26,32). The first-order valence-electron chi connectivity index (χ1n) is 10.1. The molecule has 11 heteroatoms. The Morgan fingerprint density at radius 1 is 1.09 bits per heavy atom. The van der Waals surface area contributed by atoms with Gasteiger partial charge in [-0.05, 0) is 61.0 Å². The molecule has 0 unspecified atom stereocenters. The predicted molar refractivity (Wildman–Crippen MR) is 128 cm³/mol. The van der Waals surface area contributed by atoms with Gasteiger partial charge in [0.25, 0.3) is 5.89 Å². The summed E-state index contributed by atoms with van der Waals surface area (Å²) < 4.78 is 7.82. The van der Waals surface area contributed by atoms with Gasteiger partial charge in [0.15, 0.2) is 5.65 Å². The molecule has 0 atom stereocenters. The molecule has 0 aliphatic carbocycles. The average molecular weight is 495 g/mol. The van der Waals surface area contributed by atoms with Crippen LogP contribution in [0.25, 0.3) is 28.5 Å². The van der Waals surface area contributed by atoms with Crippen molar-refractivity contribution in [3.05, 3.63) is 86.9 Å². The van der Waals surface area contributed by atoms with Crippen LogP contribution in [0, 0.1) is 6.92 Å². The van der Waals surface area contributed by atoms with Gasteiger partial charge >= 0.3 is 5.69 Å². The zero-order chi connectivity index (χ0) is 23.8. The molecular formula is C23H16Cl2N6O3. The number of hydrogen-bond acceptors (Lipinski definition) is 6. The maximum Gasteiger partial charge on any atom is 0.350 e. The third kappa shape index (κ3) is 4.18. The van der Waals surface area contributed by atoms with Crippen LogP contribution in [-0.2, 0) is 11.3 Å². The molecule has 34 heavy (non-hydrogen) atoms. The molecule has 3 heterocycles. The zero-order valence-corrected chi connectivity index (χ0v) is 19.2. The summed E-state index contributed by atoms with van der Waals surface area (Å²) in [7, 11) is 0. The molecule has 3 aromatic heterocycles. The lowest BCUT2D eigenvalue weighted by Gasteiger charge is -2.08. The highest BCUT2D eigenvalue weighted by Gasteiger charge is 2.19. The summed E-state index contributed by atoms with van der Waals surface area (Å²) in [5.74, 6) is 0.138. The third-order valence-corrected chi connectivity index (χ3v) is 5.62. The van der Waals surface area contributed by atoms with Gasteiger partial charge in [-0.3, -0.25) is 4.79 Å². The Bertz CT molecular complexity index is 1590. The Morgan fingerprint density at radius 2 is 1.85 bits per heavy atom. The highest BCUT2D eigenvalue weighted by atomic mass is 35.5. The Morgan fingerprint density at radius 3 is 2.65 bits per heavy atom. The molecule has 0 fully saturated rings. The molecule has 0 saturated heterocycles. The number of rotatable bonds is 5. The number of aryl methyl sites for hydroxylation is 1. The fourth-order valence-corrected chi connectivity index (χ4v) is 3.71. The zero-order valence-electron chi connectivity index (χ0n) is 17.7. The number of nitrogens with zero attached hydrogens (tertiary/aromatic N) is 5. The van der Waals surface area contributed by atoms with Crippen LogP contribution in [0.15, 0.2) is 70.1 Å². The minimum absolute atomic E-state index is 0.187. The minimum atomic E-state index is -0.479. The van der Waals surface area contributed by atoms with Gasteiger partial charge in [0.1, 0.15) is 6.54 Å². The molecule has 0 radical (unpaired) electrons. The number of fused-ring (bicyclic) bond motifs is 1. The fraction of sp³-hybridized carbons (Fsp3) is 0.0870. The number of aromatic nitrogens is 5. The summed E-state index contributed by atoms with van der Waals surface area (Å²) in [5.41, 5.74) is 2.39. The van der Waals surface area contributed by atoms with Crippen molar-refractivity contribution in [1.29, 1.82) is 0 Å². The number of anilines is 1. The first-order valence-corrected chi connectivity index (χ1v) is 10.9. The van der Waals surface area contributed by atoms with E-state index in [9.17, 15) is 9.59 Å². The van der Waals surface area contributed by atoms with E-state index in [1.807, 2.05) is 6.92 Å². The van der Waals surface area contributed by atoms with E-state index in [0.717, 1.165) is 15.8 Å². The molecule has 0 saturated carbocycles. The van der Waals surface area contributed by atoms with E-state index >= 15 is 0 Å².